The fourth-order valence-electron chi connectivity index (χ4n) is 1.82. The lowest BCUT2D eigenvalue weighted by atomic mass is 10.3. The summed E-state index contributed by atoms with van der Waals surface area (Å²) in [5.74, 6) is 0.916. The highest BCUT2D eigenvalue weighted by atomic mass is 16.5. The van der Waals surface area contributed by atoms with Crippen LogP contribution in [0.4, 0.5) is 11.5 Å². The van der Waals surface area contributed by atoms with Crippen molar-refractivity contribution in [3.63, 3.8) is 0 Å². The topological polar surface area (TPSA) is 51.4 Å². The second-order valence-electron chi connectivity index (χ2n) is 4.28. The molecule has 0 radical (unpaired) electrons. The van der Waals surface area contributed by atoms with Crippen molar-refractivity contribution in [2.24, 2.45) is 0 Å². The predicted molar refractivity (Wildman–Crippen MR) is 65.6 cm³/mol. The number of rotatable bonds is 5. The van der Waals surface area contributed by atoms with Gasteiger partial charge < -0.3 is 15.4 Å². The van der Waals surface area contributed by atoms with E-state index in [1.165, 1.54) is 12.8 Å². The highest BCUT2D eigenvalue weighted by molar-refractivity contribution is 5.63. The molecule has 16 heavy (non-hydrogen) atoms. The summed E-state index contributed by atoms with van der Waals surface area (Å²) in [4.78, 5) is 6.80. The molecule has 2 N–H and O–H groups in total. The zero-order valence-electron chi connectivity index (χ0n) is 9.94. The monoisotopic (exact) mass is 221 g/mol. The highest BCUT2D eigenvalue weighted by Crippen LogP contribution is 2.33. The molecule has 0 atom stereocenters. The lowest BCUT2D eigenvalue weighted by Crippen LogP contribution is -2.31. The van der Waals surface area contributed by atoms with Gasteiger partial charge in [0.25, 0.3) is 0 Å². The van der Waals surface area contributed by atoms with Gasteiger partial charge in [-0.1, -0.05) is 0 Å². The first-order valence-electron chi connectivity index (χ1n) is 5.71. The summed E-state index contributed by atoms with van der Waals surface area (Å²) in [5.41, 5.74) is 7.75. The average molecular weight is 221 g/mol. The number of anilines is 2. The second-order valence-corrected chi connectivity index (χ2v) is 4.28. The van der Waals surface area contributed by atoms with Crippen LogP contribution in [-0.2, 0) is 4.74 Å². The summed E-state index contributed by atoms with van der Waals surface area (Å²) < 4.78 is 5.13. The molecule has 1 aliphatic carbocycles. The van der Waals surface area contributed by atoms with Crippen molar-refractivity contribution in [3.05, 3.63) is 17.8 Å². The van der Waals surface area contributed by atoms with Crippen molar-refractivity contribution in [1.82, 2.24) is 4.98 Å². The van der Waals surface area contributed by atoms with Gasteiger partial charge in [0.2, 0.25) is 0 Å². The van der Waals surface area contributed by atoms with E-state index in [1.807, 2.05) is 19.1 Å². The van der Waals surface area contributed by atoms with Crippen molar-refractivity contribution < 1.29 is 4.74 Å². The number of nitrogens with zero attached hydrogens (tertiary/aromatic N) is 2. The van der Waals surface area contributed by atoms with Crippen LogP contribution in [0.3, 0.4) is 0 Å². The van der Waals surface area contributed by atoms with Crippen LogP contribution >= 0.6 is 0 Å². The minimum atomic E-state index is 0.603. The molecular weight excluding hydrogens is 202 g/mol. The average Bonchev–Trinajstić information content (AvgIpc) is 3.08. The van der Waals surface area contributed by atoms with Crippen LogP contribution in [-0.4, -0.2) is 31.3 Å². The fraction of sp³-hybridized carbons (Fsp3) is 0.583. The first-order valence-corrected chi connectivity index (χ1v) is 5.71. The van der Waals surface area contributed by atoms with E-state index in [-0.39, 0.29) is 0 Å². The van der Waals surface area contributed by atoms with Crippen LogP contribution in [0, 0.1) is 6.92 Å². The van der Waals surface area contributed by atoms with E-state index in [1.54, 1.807) is 7.11 Å². The van der Waals surface area contributed by atoms with Crippen LogP contribution in [0.1, 0.15) is 18.5 Å². The van der Waals surface area contributed by atoms with Gasteiger partial charge in [-0.2, -0.15) is 0 Å². The maximum absolute atomic E-state index is 5.98. The largest absolute Gasteiger partial charge is 0.396 e. The Hall–Kier alpha value is -1.29. The third-order valence-corrected chi connectivity index (χ3v) is 2.84. The zero-order valence-corrected chi connectivity index (χ0v) is 9.94. The molecule has 4 nitrogen and oxygen atoms in total. The van der Waals surface area contributed by atoms with E-state index >= 15 is 0 Å². The predicted octanol–water partition coefficient (Wildman–Crippen LogP) is 1.59. The zero-order chi connectivity index (χ0) is 11.5. The van der Waals surface area contributed by atoms with Gasteiger partial charge in [0.05, 0.1) is 12.3 Å². The van der Waals surface area contributed by atoms with Gasteiger partial charge in [0.1, 0.15) is 0 Å². The Bertz CT molecular complexity index is 363. The Morgan fingerprint density at radius 3 is 2.88 bits per heavy atom. The van der Waals surface area contributed by atoms with Crippen LogP contribution in [0.5, 0.6) is 0 Å². The minimum Gasteiger partial charge on any atom is -0.396 e. The normalized spacial score (nSPS) is 15.1. The SMILES string of the molecule is COCCN(c1nc(C)ccc1N)C1CC1. The van der Waals surface area contributed by atoms with Crippen LogP contribution in [0.15, 0.2) is 12.1 Å². The van der Waals surface area contributed by atoms with E-state index in [4.69, 9.17) is 10.5 Å². The molecule has 1 aliphatic rings. The van der Waals surface area contributed by atoms with Crippen LogP contribution in [0.2, 0.25) is 0 Å². The first kappa shape index (κ1) is 11.2. The molecule has 2 rings (SSSR count). The maximum atomic E-state index is 5.98. The molecule has 1 fully saturated rings. The van der Waals surface area contributed by atoms with Gasteiger partial charge >= 0.3 is 0 Å². The van der Waals surface area contributed by atoms with Gasteiger partial charge in [0.15, 0.2) is 5.82 Å². The molecule has 88 valence electrons. The minimum absolute atomic E-state index is 0.603. The molecular formula is C12H19N3O. The van der Waals surface area contributed by atoms with Crippen LogP contribution < -0.4 is 10.6 Å². The Balaban J connectivity index is 2.19. The molecule has 1 saturated carbocycles. The van der Waals surface area contributed by atoms with E-state index in [2.05, 4.69) is 9.88 Å². The molecule has 4 heteroatoms. The molecule has 0 spiro atoms. The third kappa shape index (κ3) is 2.44. The summed E-state index contributed by atoms with van der Waals surface area (Å²) >= 11 is 0. The molecule has 0 aromatic carbocycles. The molecule has 0 aliphatic heterocycles. The number of ether oxygens (including phenoxy) is 1. The lowest BCUT2D eigenvalue weighted by Gasteiger charge is -2.24. The van der Waals surface area contributed by atoms with Gasteiger partial charge in [-0.25, -0.2) is 4.98 Å². The van der Waals surface area contributed by atoms with E-state index < -0.39 is 0 Å². The molecule has 0 amide bonds. The first-order chi connectivity index (χ1) is 7.72. The van der Waals surface area contributed by atoms with Gasteiger partial charge in [-0.15, -0.1) is 0 Å². The molecule has 1 heterocycles. The number of pyridine rings is 1. The van der Waals surface area contributed by atoms with Crippen LogP contribution in [0.25, 0.3) is 0 Å². The maximum Gasteiger partial charge on any atom is 0.152 e. The Morgan fingerprint density at radius 1 is 1.50 bits per heavy atom. The molecule has 0 bridgehead atoms. The second kappa shape index (κ2) is 4.70. The van der Waals surface area contributed by atoms with Gasteiger partial charge in [-0.05, 0) is 31.9 Å². The molecule has 0 saturated heterocycles. The lowest BCUT2D eigenvalue weighted by molar-refractivity contribution is 0.205. The number of hydrogen-bond acceptors (Lipinski definition) is 4. The standard InChI is InChI=1S/C12H19N3O/c1-9-3-6-11(13)12(14-9)15(7-8-16-2)10-4-5-10/h3,6,10H,4-5,7-8,13H2,1-2H3. The van der Waals surface area contributed by atoms with E-state index in [0.29, 0.717) is 12.6 Å². The molecule has 0 unspecified atom stereocenters. The Kier molecular flexibility index (Phi) is 3.29. The van der Waals surface area contributed by atoms with Crippen molar-refractivity contribution in [3.8, 4) is 0 Å². The van der Waals surface area contributed by atoms with Crippen molar-refractivity contribution >= 4 is 11.5 Å². The third-order valence-electron chi connectivity index (χ3n) is 2.84. The summed E-state index contributed by atoms with van der Waals surface area (Å²) in [5, 5.41) is 0. The molecule has 1 aromatic rings. The smallest absolute Gasteiger partial charge is 0.152 e. The Morgan fingerprint density at radius 2 is 2.25 bits per heavy atom. The number of nitrogens with two attached hydrogens (primary N) is 1. The van der Waals surface area contributed by atoms with Gasteiger partial charge in [-0.3, -0.25) is 0 Å². The number of aromatic nitrogens is 1. The fourth-order valence-corrected chi connectivity index (χ4v) is 1.82. The Labute approximate surface area is 96.4 Å². The molecule has 1 aromatic heterocycles. The number of aryl methyl sites for hydroxylation is 1. The number of hydrogen-bond donors (Lipinski definition) is 1. The van der Waals surface area contributed by atoms with Gasteiger partial charge in [0, 0.05) is 25.4 Å². The van der Waals surface area contributed by atoms with E-state index in [0.717, 1.165) is 23.7 Å². The highest BCUT2D eigenvalue weighted by Gasteiger charge is 2.30. The number of nitrogen functional groups attached to an aromatic ring is 1. The van der Waals surface area contributed by atoms with Crippen molar-refractivity contribution in [2.75, 3.05) is 30.9 Å². The summed E-state index contributed by atoms with van der Waals surface area (Å²) in [6.45, 7) is 3.57. The summed E-state index contributed by atoms with van der Waals surface area (Å²) in [6.07, 6.45) is 2.47. The number of methoxy groups -OCH3 is 1. The summed E-state index contributed by atoms with van der Waals surface area (Å²) in [6, 6.07) is 4.48. The quantitative estimate of drug-likeness (QED) is 0.820. The summed E-state index contributed by atoms with van der Waals surface area (Å²) in [7, 11) is 1.72. The van der Waals surface area contributed by atoms with E-state index in [9.17, 15) is 0 Å². The van der Waals surface area contributed by atoms with Crippen molar-refractivity contribution in [2.45, 2.75) is 25.8 Å². The van der Waals surface area contributed by atoms with Crippen molar-refractivity contribution in [1.29, 1.82) is 0 Å².